The summed E-state index contributed by atoms with van der Waals surface area (Å²) >= 11 is 0. The van der Waals surface area contributed by atoms with Crippen LogP contribution in [0.15, 0.2) is 24.3 Å². The standard InChI is InChI=1S/C15H23NO2S/c1-3-12-6-4-7-13(10-12)16-14-8-5-9-15(11-14)19(2,17)18/h4,6-7,10,14-16H,3,5,8-9,11H2,1-2H3. The predicted octanol–water partition coefficient (Wildman–Crippen LogP) is 3.02. The Bertz CT molecular complexity index is 525. The third-order valence-electron chi connectivity index (χ3n) is 3.94. The molecule has 0 aromatic heterocycles. The van der Waals surface area contributed by atoms with Gasteiger partial charge in [-0.2, -0.15) is 0 Å². The average Bonchev–Trinajstić information content (AvgIpc) is 2.38. The number of rotatable bonds is 4. The fourth-order valence-electron chi connectivity index (χ4n) is 2.78. The van der Waals surface area contributed by atoms with Crippen LogP contribution < -0.4 is 5.32 Å². The number of sulfone groups is 1. The summed E-state index contributed by atoms with van der Waals surface area (Å²) in [6.07, 6.45) is 5.97. The molecule has 0 spiro atoms. The van der Waals surface area contributed by atoms with Gasteiger partial charge in [0.05, 0.1) is 5.25 Å². The summed E-state index contributed by atoms with van der Waals surface area (Å²) in [4.78, 5) is 0. The summed E-state index contributed by atoms with van der Waals surface area (Å²) < 4.78 is 23.3. The average molecular weight is 281 g/mol. The van der Waals surface area contributed by atoms with Gasteiger partial charge < -0.3 is 5.32 Å². The van der Waals surface area contributed by atoms with Crippen LogP contribution in [-0.2, 0) is 16.3 Å². The summed E-state index contributed by atoms with van der Waals surface area (Å²) in [6.45, 7) is 2.14. The summed E-state index contributed by atoms with van der Waals surface area (Å²) in [5.41, 5.74) is 2.42. The maximum atomic E-state index is 11.7. The molecule has 1 saturated carbocycles. The maximum Gasteiger partial charge on any atom is 0.150 e. The van der Waals surface area contributed by atoms with Crippen molar-refractivity contribution < 1.29 is 8.42 Å². The van der Waals surface area contributed by atoms with Crippen LogP contribution in [0.4, 0.5) is 5.69 Å². The molecule has 0 aliphatic heterocycles. The number of benzene rings is 1. The van der Waals surface area contributed by atoms with Gasteiger partial charge in [-0.05, 0) is 43.4 Å². The first-order chi connectivity index (χ1) is 8.99. The fraction of sp³-hybridized carbons (Fsp3) is 0.600. The zero-order chi connectivity index (χ0) is 13.9. The van der Waals surface area contributed by atoms with Crippen molar-refractivity contribution in [3.63, 3.8) is 0 Å². The number of hydrogen-bond donors (Lipinski definition) is 1. The van der Waals surface area contributed by atoms with E-state index < -0.39 is 9.84 Å². The van der Waals surface area contributed by atoms with Crippen LogP contribution in [0.5, 0.6) is 0 Å². The third-order valence-corrected chi connectivity index (χ3v) is 5.58. The molecule has 1 fully saturated rings. The minimum atomic E-state index is -2.90. The largest absolute Gasteiger partial charge is 0.382 e. The Labute approximate surface area is 116 Å². The van der Waals surface area contributed by atoms with Gasteiger partial charge >= 0.3 is 0 Å². The zero-order valence-corrected chi connectivity index (χ0v) is 12.5. The van der Waals surface area contributed by atoms with E-state index in [-0.39, 0.29) is 11.3 Å². The van der Waals surface area contributed by atoms with Crippen LogP contribution in [0.3, 0.4) is 0 Å². The second-order valence-electron chi connectivity index (χ2n) is 5.51. The highest BCUT2D eigenvalue weighted by atomic mass is 32.2. The van der Waals surface area contributed by atoms with Gasteiger partial charge in [-0.25, -0.2) is 8.42 Å². The maximum absolute atomic E-state index is 11.7. The molecule has 1 aromatic rings. The van der Waals surface area contributed by atoms with E-state index >= 15 is 0 Å². The van der Waals surface area contributed by atoms with Crippen molar-refractivity contribution in [1.29, 1.82) is 0 Å². The molecule has 0 bridgehead atoms. The van der Waals surface area contributed by atoms with Gasteiger partial charge in [-0.1, -0.05) is 25.5 Å². The first-order valence-corrected chi connectivity index (χ1v) is 8.99. The minimum Gasteiger partial charge on any atom is -0.382 e. The molecule has 2 unspecified atom stereocenters. The summed E-state index contributed by atoms with van der Waals surface area (Å²) in [5, 5.41) is 3.32. The van der Waals surface area contributed by atoms with E-state index in [4.69, 9.17) is 0 Å². The van der Waals surface area contributed by atoms with Crippen LogP contribution in [0.25, 0.3) is 0 Å². The highest BCUT2D eigenvalue weighted by molar-refractivity contribution is 7.91. The van der Waals surface area contributed by atoms with Crippen LogP contribution in [0, 0.1) is 0 Å². The molecule has 19 heavy (non-hydrogen) atoms. The van der Waals surface area contributed by atoms with Crippen LogP contribution in [0.1, 0.15) is 38.2 Å². The Hall–Kier alpha value is -1.03. The lowest BCUT2D eigenvalue weighted by atomic mass is 9.94. The zero-order valence-electron chi connectivity index (χ0n) is 11.7. The smallest absolute Gasteiger partial charge is 0.150 e. The van der Waals surface area contributed by atoms with E-state index in [2.05, 4.69) is 36.5 Å². The molecule has 1 aliphatic carbocycles. The molecule has 1 aliphatic rings. The fourth-order valence-corrected chi connectivity index (χ4v) is 3.96. The van der Waals surface area contributed by atoms with Crippen LogP contribution in [0.2, 0.25) is 0 Å². The van der Waals surface area contributed by atoms with Gasteiger partial charge in [0, 0.05) is 18.0 Å². The van der Waals surface area contributed by atoms with Gasteiger partial charge in [0.2, 0.25) is 0 Å². The molecule has 3 nitrogen and oxygen atoms in total. The first-order valence-electron chi connectivity index (χ1n) is 7.03. The molecule has 2 rings (SSSR count). The lowest BCUT2D eigenvalue weighted by molar-refractivity contribution is 0.453. The number of anilines is 1. The van der Waals surface area contributed by atoms with E-state index in [1.165, 1.54) is 11.8 Å². The second kappa shape index (κ2) is 5.95. The molecule has 1 N–H and O–H groups in total. The Balaban J connectivity index is 2.02. The summed E-state index contributed by atoms with van der Waals surface area (Å²) in [6, 6.07) is 8.66. The Morgan fingerprint density at radius 3 is 2.79 bits per heavy atom. The molecular formula is C15H23NO2S. The van der Waals surface area contributed by atoms with Crippen molar-refractivity contribution in [2.45, 2.75) is 50.3 Å². The molecule has 4 heteroatoms. The van der Waals surface area contributed by atoms with E-state index in [1.807, 2.05) is 0 Å². The Kier molecular flexibility index (Phi) is 4.50. The van der Waals surface area contributed by atoms with Crippen LogP contribution in [-0.4, -0.2) is 26.0 Å². The number of hydrogen-bond acceptors (Lipinski definition) is 3. The Morgan fingerprint density at radius 2 is 2.11 bits per heavy atom. The van der Waals surface area contributed by atoms with Crippen LogP contribution >= 0.6 is 0 Å². The molecule has 0 radical (unpaired) electrons. The van der Waals surface area contributed by atoms with Crippen molar-refractivity contribution in [2.75, 3.05) is 11.6 Å². The minimum absolute atomic E-state index is 0.173. The monoisotopic (exact) mass is 281 g/mol. The van der Waals surface area contributed by atoms with Gasteiger partial charge in [0.15, 0.2) is 0 Å². The van der Waals surface area contributed by atoms with E-state index in [0.29, 0.717) is 0 Å². The molecule has 0 amide bonds. The highest BCUT2D eigenvalue weighted by Crippen LogP contribution is 2.26. The summed E-state index contributed by atoms with van der Waals surface area (Å²) in [7, 11) is -2.90. The van der Waals surface area contributed by atoms with E-state index in [1.54, 1.807) is 0 Å². The summed E-state index contributed by atoms with van der Waals surface area (Å²) in [5.74, 6) is 0. The second-order valence-corrected chi connectivity index (χ2v) is 7.84. The molecule has 106 valence electrons. The molecule has 1 aromatic carbocycles. The third kappa shape index (κ3) is 3.96. The molecule has 2 atom stereocenters. The normalized spacial score (nSPS) is 24.1. The highest BCUT2D eigenvalue weighted by Gasteiger charge is 2.28. The van der Waals surface area contributed by atoms with Crippen molar-refractivity contribution >= 4 is 15.5 Å². The van der Waals surface area contributed by atoms with Crippen molar-refractivity contribution in [2.24, 2.45) is 0 Å². The van der Waals surface area contributed by atoms with Crippen molar-refractivity contribution in [3.05, 3.63) is 29.8 Å². The van der Waals surface area contributed by atoms with Gasteiger partial charge in [0.1, 0.15) is 9.84 Å². The van der Waals surface area contributed by atoms with Crippen molar-refractivity contribution in [1.82, 2.24) is 0 Å². The van der Waals surface area contributed by atoms with Gasteiger partial charge in [0.25, 0.3) is 0 Å². The van der Waals surface area contributed by atoms with Gasteiger partial charge in [-0.15, -0.1) is 0 Å². The lowest BCUT2D eigenvalue weighted by Crippen LogP contribution is -2.34. The topological polar surface area (TPSA) is 46.2 Å². The van der Waals surface area contributed by atoms with E-state index in [0.717, 1.165) is 37.8 Å². The van der Waals surface area contributed by atoms with Gasteiger partial charge in [-0.3, -0.25) is 0 Å². The SMILES string of the molecule is CCc1cccc(NC2CCCC(S(C)(=O)=O)C2)c1. The predicted molar refractivity (Wildman–Crippen MR) is 80.3 cm³/mol. The number of aryl methyl sites for hydroxylation is 1. The van der Waals surface area contributed by atoms with Crippen molar-refractivity contribution in [3.8, 4) is 0 Å². The van der Waals surface area contributed by atoms with E-state index in [9.17, 15) is 8.42 Å². The first kappa shape index (κ1) is 14.4. The molecule has 0 heterocycles. The Morgan fingerprint density at radius 1 is 1.32 bits per heavy atom. The number of nitrogens with one attached hydrogen (secondary N) is 1. The lowest BCUT2D eigenvalue weighted by Gasteiger charge is -2.29. The molecule has 0 saturated heterocycles. The molecular weight excluding hydrogens is 258 g/mol. The quantitative estimate of drug-likeness (QED) is 0.922.